The monoisotopic (exact) mass is 365 g/mol. The highest BCUT2D eigenvalue weighted by Crippen LogP contribution is 2.16. The van der Waals surface area contributed by atoms with Gasteiger partial charge in [-0.25, -0.2) is 4.79 Å². The Morgan fingerprint density at radius 3 is 2.37 bits per heavy atom. The normalized spacial score (nSPS) is 10.5. The van der Waals surface area contributed by atoms with Gasteiger partial charge in [0.1, 0.15) is 0 Å². The van der Waals surface area contributed by atoms with Crippen LogP contribution in [-0.2, 0) is 11.2 Å². The van der Waals surface area contributed by atoms with E-state index in [4.69, 9.17) is 4.42 Å². The molecule has 138 valence electrons. The second kappa shape index (κ2) is 7.82. The molecule has 0 radical (unpaired) electrons. The number of nitrogens with zero attached hydrogens (tertiary/aromatic N) is 2. The van der Waals surface area contributed by atoms with Crippen LogP contribution in [0.5, 0.6) is 0 Å². The number of carbonyl (C=O) groups is 2. The summed E-state index contributed by atoms with van der Waals surface area (Å²) in [7, 11) is 1.30. The molecule has 3 aromatic rings. The van der Waals surface area contributed by atoms with E-state index in [0.717, 1.165) is 5.56 Å². The first-order valence-corrected chi connectivity index (χ1v) is 8.34. The Hall–Kier alpha value is -3.48. The number of anilines is 1. The molecule has 2 aromatic carbocycles. The van der Waals surface area contributed by atoms with Gasteiger partial charge in [0.2, 0.25) is 5.89 Å². The molecule has 0 spiro atoms. The Kier molecular flexibility index (Phi) is 5.30. The van der Waals surface area contributed by atoms with E-state index in [1.807, 2.05) is 19.1 Å². The summed E-state index contributed by atoms with van der Waals surface area (Å²) < 4.78 is 10.1. The molecule has 7 nitrogen and oxygen atoms in total. The van der Waals surface area contributed by atoms with E-state index in [1.165, 1.54) is 42.5 Å². The van der Waals surface area contributed by atoms with Crippen molar-refractivity contribution in [1.29, 1.82) is 0 Å². The van der Waals surface area contributed by atoms with Gasteiger partial charge in [0.15, 0.2) is 0 Å². The highest BCUT2D eigenvalue weighted by atomic mass is 16.5. The highest BCUT2D eigenvalue weighted by Gasteiger charge is 2.13. The number of ether oxygens (including phenoxy) is 1. The second-order valence-electron chi connectivity index (χ2n) is 6.12. The van der Waals surface area contributed by atoms with Gasteiger partial charge >= 0.3 is 12.0 Å². The van der Waals surface area contributed by atoms with Crippen LogP contribution in [0.1, 0.15) is 43.3 Å². The summed E-state index contributed by atoms with van der Waals surface area (Å²) >= 11 is 0. The van der Waals surface area contributed by atoms with E-state index in [-0.39, 0.29) is 6.01 Å². The van der Waals surface area contributed by atoms with Crippen LogP contribution in [0.4, 0.5) is 6.01 Å². The van der Waals surface area contributed by atoms with Gasteiger partial charge in [0.25, 0.3) is 5.91 Å². The summed E-state index contributed by atoms with van der Waals surface area (Å²) in [5.74, 6) is -0.461. The summed E-state index contributed by atoms with van der Waals surface area (Å²) in [6.45, 7) is 4.10. The number of benzene rings is 2. The molecule has 1 aromatic heterocycles. The maximum atomic E-state index is 12.3. The molecule has 0 fully saturated rings. The topological polar surface area (TPSA) is 94.3 Å². The number of aromatic nitrogens is 2. The molecule has 1 heterocycles. The summed E-state index contributed by atoms with van der Waals surface area (Å²) in [6, 6.07) is 12.2. The smallest absolute Gasteiger partial charge is 0.337 e. The molecule has 0 aliphatic heterocycles. The Bertz CT molecular complexity index is 977. The van der Waals surface area contributed by atoms with E-state index in [0.29, 0.717) is 23.4 Å². The molecule has 0 saturated heterocycles. The predicted octanol–water partition coefficient (Wildman–Crippen LogP) is 3.32. The number of aryl methyl sites for hydroxylation is 2. The minimum absolute atomic E-state index is 0.0240. The molecule has 0 atom stereocenters. The van der Waals surface area contributed by atoms with Gasteiger partial charge in [-0.3, -0.25) is 10.1 Å². The number of carbonyl (C=O) groups excluding carboxylic acids is 2. The minimum atomic E-state index is -0.463. The van der Waals surface area contributed by atoms with Gasteiger partial charge < -0.3 is 9.15 Å². The molecule has 1 N–H and O–H groups in total. The van der Waals surface area contributed by atoms with Crippen LogP contribution in [-0.4, -0.2) is 29.2 Å². The summed E-state index contributed by atoms with van der Waals surface area (Å²) in [6.07, 6.45) is 0.484. The molecular weight excluding hydrogens is 346 g/mol. The van der Waals surface area contributed by atoms with E-state index in [9.17, 15) is 9.59 Å². The van der Waals surface area contributed by atoms with Crippen molar-refractivity contribution in [1.82, 2.24) is 10.2 Å². The Morgan fingerprint density at radius 2 is 1.70 bits per heavy atom. The third-order valence-corrected chi connectivity index (χ3v) is 4.18. The Morgan fingerprint density at radius 1 is 1.00 bits per heavy atom. The van der Waals surface area contributed by atoms with Crippen LogP contribution >= 0.6 is 0 Å². The number of rotatable bonds is 5. The zero-order valence-electron chi connectivity index (χ0n) is 15.3. The van der Waals surface area contributed by atoms with Crippen LogP contribution in [0.25, 0.3) is 0 Å². The standard InChI is InChI=1S/C20H19N3O4/c1-12-4-5-14(10-13(12)2)11-17-22-23-20(27-17)21-18(24)15-6-8-16(9-7-15)19(25)26-3/h4-10H,11H2,1-3H3,(H,21,23,24). The summed E-state index contributed by atoms with van der Waals surface area (Å²) in [5.41, 5.74) is 4.18. The average Bonchev–Trinajstić information content (AvgIpc) is 3.11. The third kappa shape index (κ3) is 4.38. The Labute approximate surface area is 156 Å². The van der Waals surface area contributed by atoms with Gasteiger partial charge in [-0.15, -0.1) is 5.10 Å². The predicted molar refractivity (Wildman–Crippen MR) is 98.8 cm³/mol. The second-order valence-corrected chi connectivity index (χ2v) is 6.12. The fourth-order valence-corrected chi connectivity index (χ4v) is 2.51. The van der Waals surface area contributed by atoms with E-state index >= 15 is 0 Å². The van der Waals surface area contributed by atoms with Crippen molar-refractivity contribution in [2.24, 2.45) is 0 Å². The van der Waals surface area contributed by atoms with Gasteiger partial charge in [-0.2, -0.15) is 0 Å². The van der Waals surface area contributed by atoms with Crippen LogP contribution in [0.15, 0.2) is 46.9 Å². The zero-order valence-corrected chi connectivity index (χ0v) is 15.3. The lowest BCUT2D eigenvalue weighted by Gasteiger charge is -2.03. The number of hydrogen-bond donors (Lipinski definition) is 1. The van der Waals surface area contributed by atoms with Gasteiger partial charge in [-0.05, 0) is 54.8 Å². The zero-order chi connectivity index (χ0) is 19.4. The summed E-state index contributed by atoms with van der Waals surface area (Å²) in [4.78, 5) is 23.7. The van der Waals surface area contributed by atoms with Crippen molar-refractivity contribution in [3.63, 3.8) is 0 Å². The molecule has 0 bridgehead atoms. The molecule has 0 unspecified atom stereocenters. The fraction of sp³-hybridized carbons (Fsp3) is 0.200. The molecule has 3 rings (SSSR count). The number of hydrogen-bond acceptors (Lipinski definition) is 6. The molecular formula is C20H19N3O4. The number of nitrogens with one attached hydrogen (secondary N) is 1. The van der Waals surface area contributed by atoms with Crippen molar-refractivity contribution < 1.29 is 18.7 Å². The van der Waals surface area contributed by atoms with Crippen molar-refractivity contribution in [3.8, 4) is 0 Å². The quantitative estimate of drug-likeness (QED) is 0.697. The Balaban J connectivity index is 1.65. The number of methoxy groups -OCH3 is 1. The fourth-order valence-electron chi connectivity index (χ4n) is 2.51. The van der Waals surface area contributed by atoms with Crippen LogP contribution < -0.4 is 5.32 Å². The van der Waals surface area contributed by atoms with Gasteiger partial charge in [0.05, 0.1) is 19.1 Å². The van der Waals surface area contributed by atoms with Crippen molar-refractivity contribution in [2.75, 3.05) is 12.4 Å². The SMILES string of the molecule is COC(=O)c1ccc(C(=O)Nc2nnc(Cc3ccc(C)c(C)c3)o2)cc1. The first kappa shape index (κ1) is 18.3. The maximum absolute atomic E-state index is 12.3. The van der Waals surface area contributed by atoms with Crippen LogP contribution in [0, 0.1) is 13.8 Å². The molecule has 0 saturated carbocycles. The first-order valence-electron chi connectivity index (χ1n) is 8.34. The largest absolute Gasteiger partial charge is 0.465 e. The van der Waals surface area contributed by atoms with E-state index in [1.54, 1.807) is 0 Å². The average molecular weight is 365 g/mol. The molecule has 0 aliphatic carbocycles. The number of esters is 1. The number of amides is 1. The molecule has 27 heavy (non-hydrogen) atoms. The van der Waals surface area contributed by atoms with Crippen LogP contribution in [0.2, 0.25) is 0 Å². The van der Waals surface area contributed by atoms with Gasteiger partial charge in [-0.1, -0.05) is 23.3 Å². The lowest BCUT2D eigenvalue weighted by molar-refractivity contribution is 0.0600. The van der Waals surface area contributed by atoms with Crippen molar-refractivity contribution in [3.05, 3.63) is 76.2 Å². The summed E-state index contributed by atoms with van der Waals surface area (Å²) in [5, 5.41) is 10.4. The van der Waals surface area contributed by atoms with Crippen molar-refractivity contribution in [2.45, 2.75) is 20.3 Å². The molecule has 1 amide bonds. The lowest BCUT2D eigenvalue weighted by atomic mass is 10.0. The lowest BCUT2D eigenvalue weighted by Crippen LogP contribution is -2.12. The van der Waals surface area contributed by atoms with Crippen LogP contribution in [0.3, 0.4) is 0 Å². The molecule has 7 heteroatoms. The highest BCUT2D eigenvalue weighted by molar-refractivity contribution is 6.03. The van der Waals surface area contributed by atoms with E-state index < -0.39 is 11.9 Å². The first-order chi connectivity index (χ1) is 13.0. The molecule has 0 aliphatic rings. The van der Waals surface area contributed by atoms with Crippen molar-refractivity contribution >= 4 is 17.9 Å². The van der Waals surface area contributed by atoms with E-state index in [2.05, 4.69) is 33.2 Å². The minimum Gasteiger partial charge on any atom is -0.465 e. The van der Waals surface area contributed by atoms with Gasteiger partial charge in [0, 0.05) is 5.56 Å². The third-order valence-electron chi connectivity index (χ3n) is 4.18. The maximum Gasteiger partial charge on any atom is 0.337 e.